The molecule has 0 aromatic carbocycles. The van der Waals surface area contributed by atoms with Crippen molar-refractivity contribution >= 4 is 7.82 Å². The van der Waals surface area contributed by atoms with Crippen LogP contribution >= 0.6 is 7.82 Å². The van der Waals surface area contributed by atoms with Crippen LogP contribution in [0.1, 0.15) is 5.82 Å². The third-order valence-corrected chi connectivity index (χ3v) is 1.79. The summed E-state index contributed by atoms with van der Waals surface area (Å²) in [5.74, 6) is 0.767. The molecule has 6 nitrogen and oxygen atoms in total. The van der Waals surface area contributed by atoms with Crippen molar-refractivity contribution in [3.63, 3.8) is 0 Å². The first-order valence-electron chi connectivity index (χ1n) is 3.22. The number of rotatable bonds is 3. The number of hydrogen-bond acceptors (Lipinski definition) is 2. The molecule has 0 radical (unpaired) electrons. The van der Waals surface area contributed by atoms with E-state index in [1.165, 1.54) is 0 Å². The van der Waals surface area contributed by atoms with Gasteiger partial charge in [-0.1, -0.05) is 0 Å². The lowest BCUT2D eigenvalue weighted by Gasteiger charge is -2.01. The van der Waals surface area contributed by atoms with E-state index in [0.29, 0.717) is 0 Å². The fourth-order valence-electron chi connectivity index (χ4n) is 0.720. The molecule has 7 heteroatoms. The van der Waals surface area contributed by atoms with Crippen LogP contribution < -0.4 is 4.57 Å². The third kappa shape index (κ3) is 2.75. The maximum Gasteiger partial charge on any atom is 0.472 e. The molecule has 1 aromatic rings. The predicted molar refractivity (Wildman–Crippen MR) is 38.9 cm³/mol. The van der Waals surface area contributed by atoms with Crippen LogP contribution in [0.4, 0.5) is 0 Å². The molecular weight excluding hydrogens is 183 g/mol. The van der Waals surface area contributed by atoms with E-state index in [2.05, 4.69) is 9.51 Å². The number of nitrogens with zero attached hydrogens (tertiary/aromatic N) is 1. The van der Waals surface area contributed by atoms with E-state index in [9.17, 15) is 4.57 Å². The quantitative estimate of drug-likeness (QED) is 0.453. The number of imidazole rings is 1. The zero-order valence-electron chi connectivity index (χ0n) is 6.47. The molecule has 0 atom stereocenters. The molecule has 0 aliphatic rings. The Bertz CT molecular complexity index is 304. The van der Waals surface area contributed by atoms with Crippen LogP contribution in [-0.4, -0.2) is 14.8 Å². The van der Waals surface area contributed by atoms with Gasteiger partial charge < -0.3 is 9.79 Å². The fourth-order valence-corrected chi connectivity index (χ4v) is 0.995. The Labute approximate surface area is 69.1 Å². The summed E-state index contributed by atoms with van der Waals surface area (Å²) in [6.45, 7) is 1.61. The van der Waals surface area contributed by atoms with Gasteiger partial charge in [0.2, 0.25) is 6.73 Å². The molecule has 0 aliphatic heterocycles. The summed E-state index contributed by atoms with van der Waals surface area (Å²) in [7, 11) is -4.36. The highest BCUT2D eigenvalue weighted by molar-refractivity contribution is 7.46. The minimum absolute atomic E-state index is 0.153. The smallest absolute Gasteiger partial charge is 0.303 e. The number of aromatic amines is 1. The van der Waals surface area contributed by atoms with Crippen molar-refractivity contribution < 1.29 is 23.4 Å². The van der Waals surface area contributed by atoms with Crippen LogP contribution in [0.5, 0.6) is 0 Å². The Kier molecular flexibility index (Phi) is 2.64. The number of aryl methyl sites for hydroxylation is 1. The average Bonchev–Trinajstić information content (AvgIpc) is 2.29. The highest BCUT2D eigenvalue weighted by atomic mass is 31.2. The minimum atomic E-state index is -4.36. The normalized spacial score (nSPS) is 11.9. The van der Waals surface area contributed by atoms with E-state index in [4.69, 9.17) is 9.79 Å². The Balaban J connectivity index is 2.55. The van der Waals surface area contributed by atoms with Crippen molar-refractivity contribution in [2.75, 3.05) is 0 Å². The van der Waals surface area contributed by atoms with Crippen molar-refractivity contribution in [1.29, 1.82) is 0 Å². The molecule has 1 aromatic heterocycles. The molecule has 0 saturated heterocycles. The molecule has 3 N–H and O–H groups in total. The summed E-state index contributed by atoms with van der Waals surface area (Å²) < 4.78 is 16.1. The number of nitrogens with one attached hydrogen (secondary N) is 1. The Morgan fingerprint density at radius 2 is 2.42 bits per heavy atom. The molecule has 1 heterocycles. The molecule has 0 spiro atoms. The van der Waals surface area contributed by atoms with E-state index >= 15 is 0 Å². The van der Waals surface area contributed by atoms with Crippen molar-refractivity contribution in [2.45, 2.75) is 13.7 Å². The zero-order valence-corrected chi connectivity index (χ0v) is 7.36. The average molecular weight is 193 g/mol. The van der Waals surface area contributed by atoms with E-state index < -0.39 is 7.82 Å². The van der Waals surface area contributed by atoms with E-state index in [-0.39, 0.29) is 6.73 Å². The summed E-state index contributed by atoms with van der Waals surface area (Å²) in [5.41, 5.74) is 0. The van der Waals surface area contributed by atoms with Gasteiger partial charge in [-0.2, -0.15) is 0 Å². The number of H-pyrrole nitrogens is 1. The number of hydrogen-bond donors (Lipinski definition) is 3. The lowest BCUT2D eigenvalue weighted by molar-refractivity contribution is -0.729. The maximum absolute atomic E-state index is 10.3. The molecule has 0 saturated carbocycles. The molecule has 0 amide bonds. The topological polar surface area (TPSA) is 86.4 Å². The van der Waals surface area contributed by atoms with Gasteiger partial charge in [-0.25, -0.2) is 18.6 Å². The summed E-state index contributed by atoms with van der Waals surface area (Å²) >= 11 is 0. The van der Waals surface area contributed by atoms with Gasteiger partial charge in [-0.3, -0.25) is 0 Å². The third-order valence-electron chi connectivity index (χ3n) is 1.34. The van der Waals surface area contributed by atoms with Crippen molar-refractivity contribution in [2.24, 2.45) is 0 Å². The second-order valence-corrected chi connectivity index (χ2v) is 3.50. The van der Waals surface area contributed by atoms with Gasteiger partial charge in [0.15, 0.2) is 0 Å². The van der Waals surface area contributed by atoms with Gasteiger partial charge in [-0.05, 0) is 0 Å². The molecule has 1 rings (SSSR count). The highest BCUT2D eigenvalue weighted by Gasteiger charge is 2.16. The van der Waals surface area contributed by atoms with Crippen molar-refractivity contribution in [3.8, 4) is 0 Å². The number of aromatic nitrogens is 2. The molecule has 0 aliphatic carbocycles. The first-order chi connectivity index (χ1) is 5.49. The summed E-state index contributed by atoms with van der Waals surface area (Å²) in [5, 5.41) is 0. The SMILES string of the molecule is Cc1[nH]cc[n+]1COP(=O)(O)O. The monoisotopic (exact) mass is 193 g/mol. The maximum atomic E-state index is 10.3. The standard InChI is InChI=1S/C5H9N2O4P/c1-5-6-2-3-7(5)4-11-12(8,9)10/h2-3H,4H2,1H3,(H2,8,9,10)/p+1. The Morgan fingerprint density at radius 3 is 2.83 bits per heavy atom. The van der Waals surface area contributed by atoms with E-state index in [0.717, 1.165) is 5.82 Å². The lowest BCUT2D eigenvalue weighted by Crippen LogP contribution is -2.35. The van der Waals surface area contributed by atoms with E-state index in [1.807, 2.05) is 0 Å². The van der Waals surface area contributed by atoms with Crippen LogP contribution in [-0.2, 0) is 15.8 Å². The molecule has 0 bridgehead atoms. The van der Waals surface area contributed by atoms with Crippen LogP contribution in [0.2, 0.25) is 0 Å². The van der Waals surface area contributed by atoms with Crippen molar-refractivity contribution in [1.82, 2.24) is 4.98 Å². The van der Waals surface area contributed by atoms with Gasteiger partial charge in [-0.15, -0.1) is 0 Å². The fraction of sp³-hybridized carbons (Fsp3) is 0.400. The van der Waals surface area contributed by atoms with Gasteiger partial charge in [0.05, 0.1) is 0 Å². The van der Waals surface area contributed by atoms with Crippen LogP contribution in [0.3, 0.4) is 0 Å². The molecule has 0 unspecified atom stereocenters. The number of phosphoric ester groups is 1. The molecule has 68 valence electrons. The van der Waals surface area contributed by atoms with Gasteiger partial charge in [0, 0.05) is 6.92 Å². The highest BCUT2D eigenvalue weighted by Crippen LogP contribution is 2.35. The summed E-state index contributed by atoms with van der Waals surface area (Å²) in [4.78, 5) is 19.6. The first-order valence-corrected chi connectivity index (χ1v) is 4.75. The minimum Gasteiger partial charge on any atom is -0.303 e. The first kappa shape index (κ1) is 9.41. The van der Waals surface area contributed by atoms with E-state index in [1.54, 1.807) is 23.9 Å². The lowest BCUT2D eigenvalue weighted by atomic mass is 10.7. The van der Waals surface area contributed by atoms with Crippen LogP contribution in [0, 0.1) is 6.92 Å². The van der Waals surface area contributed by atoms with Crippen LogP contribution in [0.15, 0.2) is 12.4 Å². The van der Waals surface area contributed by atoms with Gasteiger partial charge in [0.25, 0.3) is 5.82 Å². The number of phosphoric acid groups is 1. The van der Waals surface area contributed by atoms with Crippen LogP contribution in [0.25, 0.3) is 0 Å². The molecular formula is C5H10N2O4P+. The second kappa shape index (κ2) is 3.37. The Hall–Kier alpha value is -0.680. The second-order valence-electron chi connectivity index (χ2n) is 2.26. The Morgan fingerprint density at radius 1 is 1.75 bits per heavy atom. The van der Waals surface area contributed by atoms with Gasteiger partial charge >= 0.3 is 7.82 Å². The summed E-state index contributed by atoms with van der Waals surface area (Å²) in [6, 6.07) is 0. The summed E-state index contributed by atoms with van der Waals surface area (Å²) in [6.07, 6.45) is 3.28. The predicted octanol–water partition coefficient (Wildman–Crippen LogP) is -0.323. The largest absolute Gasteiger partial charge is 0.472 e. The molecule has 0 fully saturated rings. The van der Waals surface area contributed by atoms with Gasteiger partial charge in [0.1, 0.15) is 12.4 Å². The zero-order chi connectivity index (χ0) is 9.19. The molecule has 12 heavy (non-hydrogen) atoms. The van der Waals surface area contributed by atoms with Crippen molar-refractivity contribution in [3.05, 3.63) is 18.2 Å².